The van der Waals surface area contributed by atoms with Crippen LogP contribution in [0.15, 0.2) is 27.3 Å². The molecule has 5 aromatic carbocycles. The van der Waals surface area contributed by atoms with Crippen molar-refractivity contribution in [3.05, 3.63) is 66.0 Å². The summed E-state index contributed by atoms with van der Waals surface area (Å²) in [4.78, 5) is 69.3. The number of carbonyl (C=O) groups is 3. The van der Waals surface area contributed by atoms with Crippen LogP contribution in [0.4, 0.5) is 5.69 Å². The highest BCUT2D eigenvalue weighted by molar-refractivity contribution is 6.39. The first-order valence-electron chi connectivity index (χ1n) is 21.3. The smallest absolute Gasteiger partial charge is 0.309 e. The molecule has 4 N–H and O–H groups in total. The molecule has 0 saturated heterocycles. The van der Waals surface area contributed by atoms with Crippen LogP contribution in [-0.4, -0.2) is 86.8 Å². The zero-order chi connectivity index (χ0) is 44.1. The number of esters is 2. The number of phenols is 1. The number of aliphatic hydroxyl groups excluding tert-OH is 2. The van der Waals surface area contributed by atoms with E-state index in [-0.39, 0.29) is 95.6 Å². The minimum atomic E-state index is -0.950. The van der Waals surface area contributed by atoms with E-state index in [1.54, 1.807) is 7.11 Å². The Balaban J connectivity index is 1.47. The summed E-state index contributed by atoms with van der Waals surface area (Å²) < 4.78 is 27.1. The SMILES string of the molecule is COCCOC(=O)C1CCC(Cc2c(NC3CCC(C(=O)OCCOC)C3)c3c(=O)cc(CO)c4c5c(CO)cc(=O)c6c(O)c(OC)c7c(c(c2C=C(C)C7C(C)=O)c34)c65)C1. The number of aromatic hydroxyl groups is 1. The van der Waals surface area contributed by atoms with E-state index in [4.69, 9.17) is 23.7 Å². The van der Waals surface area contributed by atoms with Crippen molar-refractivity contribution >= 4 is 72.6 Å². The summed E-state index contributed by atoms with van der Waals surface area (Å²) in [5.74, 6) is -3.07. The minimum absolute atomic E-state index is 0.0330. The molecule has 62 heavy (non-hydrogen) atoms. The van der Waals surface area contributed by atoms with Crippen molar-refractivity contribution in [2.45, 2.75) is 84.0 Å². The van der Waals surface area contributed by atoms with E-state index in [0.717, 1.165) is 5.56 Å². The van der Waals surface area contributed by atoms with Gasteiger partial charge < -0.3 is 44.3 Å². The third-order valence-electron chi connectivity index (χ3n) is 13.5. The molecule has 0 heterocycles. The van der Waals surface area contributed by atoms with Crippen molar-refractivity contribution in [2.24, 2.45) is 17.8 Å². The van der Waals surface area contributed by atoms with Gasteiger partial charge in [-0.15, -0.1) is 0 Å². The summed E-state index contributed by atoms with van der Waals surface area (Å²) in [6, 6.07) is 2.38. The lowest BCUT2D eigenvalue weighted by Gasteiger charge is -2.28. The molecule has 0 aromatic heterocycles. The lowest BCUT2D eigenvalue weighted by molar-refractivity contribution is -0.150. The number of rotatable bonds is 16. The third-order valence-corrected chi connectivity index (χ3v) is 13.5. The maximum absolute atomic E-state index is 14.9. The van der Waals surface area contributed by atoms with Gasteiger partial charge in [0.25, 0.3) is 0 Å². The Morgan fingerprint density at radius 3 is 1.89 bits per heavy atom. The van der Waals surface area contributed by atoms with Crippen LogP contribution in [0.3, 0.4) is 0 Å². The molecular formula is C48H53NO13. The molecule has 5 aromatic rings. The molecule has 3 aliphatic rings. The number of nitrogens with one attached hydrogen (secondary N) is 1. The van der Waals surface area contributed by atoms with E-state index in [1.165, 1.54) is 33.3 Å². The fourth-order valence-electron chi connectivity index (χ4n) is 10.9. The zero-order valence-corrected chi connectivity index (χ0v) is 35.7. The Kier molecular flexibility index (Phi) is 12.1. The van der Waals surface area contributed by atoms with Gasteiger partial charge in [-0.05, 0) is 121 Å². The summed E-state index contributed by atoms with van der Waals surface area (Å²) in [5.41, 5.74) is 2.47. The van der Waals surface area contributed by atoms with Crippen molar-refractivity contribution in [3.8, 4) is 11.5 Å². The number of aliphatic hydroxyl groups is 2. The summed E-state index contributed by atoms with van der Waals surface area (Å²) in [6.45, 7) is 2.99. The van der Waals surface area contributed by atoms with Crippen LogP contribution in [0.1, 0.15) is 86.1 Å². The Morgan fingerprint density at radius 2 is 1.31 bits per heavy atom. The van der Waals surface area contributed by atoms with Gasteiger partial charge in [-0.3, -0.25) is 24.0 Å². The fraction of sp³-hybridized carbons (Fsp3) is 0.479. The predicted molar refractivity (Wildman–Crippen MR) is 233 cm³/mol. The third kappa shape index (κ3) is 7.10. The second-order valence-electron chi connectivity index (χ2n) is 17.1. The maximum Gasteiger partial charge on any atom is 0.309 e. The second kappa shape index (κ2) is 17.4. The van der Waals surface area contributed by atoms with Crippen molar-refractivity contribution < 1.29 is 53.4 Å². The quantitative estimate of drug-likeness (QED) is 0.0413. The highest BCUT2D eigenvalue weighted by atomic mass is 16.6. The largest absolute Gasteiger partial charge is 0.504 e. The number of ether oxygens (including phenoxy) is 5. The molecule has 8 rings (SSSR count). The van der Waals surface area contributed by atoms with Crippen LogP contribution in [0.5, 0.6) is 11.5 Å². The van der Waals surface area contributed by atoms with Gasteiger partial charge in [0.1, 0.15) is 19.0 Å². The number of Topliss-reactive ketones (excluding diaryl/α,β-unsaturated/α-hetero) is 1. The molecule has 328 valence electrons. The normalized spacial score (nSPS) is 21.0. The van der Waals surface area contributed by atoms with Gasteiger partial charge in [-0.1, -0.05) is 11.6 Å². The number of carbonyl (C=O) groups excluding carboxylic acids is 3. The van der Waals surface area contributed by atoms with E-state index < -0.39 is 30.3 Å². The standard InChI is InChI=1S/C48H53NO13/c1-22-14-30-31(16-24-6-7-25(15-24)47(56)61-12-10-58-3)44(49-29-9-8-26(17-29)48(57)62-13-11-59-4)38-32(53)18-27(20-50)35-36-28(21-51)19-33(54)39-41(36)42(37(30)40(35)38)43(34(22)23(2)52)46(60-5)45(39)55/h14,18-19,24-26,29,34,49-51,55H,6-13,15-17,20-21H2,1-5H3. The molecule has 2 saturated carbocycles. The molecule has 0 bridgehead atoms. The molecule has 5 unspecified atom stereocenters. The minimum Gasteiger partial charge on any atom is -0.504 e. The first kappa shape index (κ1) is 43.2. The van der Waals surface area contributed by atoms with E-state index >= 15 is 0 Å². The fourth-order valence-corrected chi connectivity index (χ4v) is 10.9. The Bertz CT molecular complexity index is 2760. The number of phenolic OH excluding ortho intramolecular Hbond substituents is 1. The number of allylic oxidation sites excluding steroid dienone is 1. The predicted octanol–water partition coefficient (Wildman–Crippen LogP) is 5.60. The molecule has 14 heteroatoms. The Labute approximate surface area is 357 Å². The molecule has 5 atom stereocenters. The number of methoxy groups -OCH3 is 3. The van der Waals surface area contributed by atoms with E-state index in [9.17, 15) is 39.3 Å². The average Bonchev–Trinajstić information content (AvgIpc) is 3.90. The first-order valence-corrected chi connectivity index (χ1v) is 21.3. The number of hydrogen-bond donors (Lipinski definition) is 4. The molecule has 14 nitrogen and oxygen atoms in total. The number of anilines is 1. The lowest BCUT2D eigenvalue weighted by Crippen LogP contribution is -2.23. The zero-order valence-electron chi connectivity index (χ0n) is 35.7. The van der Waals surface area contributed by atoms with Gasteiger partial charge in [-0.25, -0.2) is 0 Å². The van der Waals surface area contributed by atoms with Crippen LogP contribution in [0, 0.1) is 17.8 Å². The van der Waals surface area contributed by atoms with Crippen molar-refractivity contribution in [3.63, 3.8) is 0 Å². The van der Waals surface area contributed by atoms with Crippen LogP contribution in [0.25, 0.3) is 49.2 Å². The molecule has 0 amide bonds. The molecular weight excluding hydrogens is 799 g/mol. The number of benzene rings is 5. The first-order chi connectivity index (χ1) is 29.9. The molecule has 2 fully saturated rings. The van der Waals surface area contributed by atoms with Gasteiger partial charge in [0, 0.05) is 36.6 Å². The van der Waals surface area contributed by atoms with Crippen molar-refractivity contribution in [1.29, 1.82) is 0 Å². The summed E-state index contributed by atoms with van der Waals surface area (Å²) >= 11 is 0. The summed E-state index contributed by atoms with van der Waals surface area (Å²) in [6.07, 6.45) is 5.76. The molecule has 3 aliphatic carbocycles. The Hall–Kier alpha value is -5.41. The van der Waals surface area contributed by atoms with E-state index in [0.29, 0.717) is 105 Å². The summed E-state index contributed by atoms with van der Waals surface area (Å²) in [7, 11) is 4.44. The second-order valence-corrected chi connectivity index (χ2v) is 17.1. The molecule has 0 radical (unpaired) electrons. The monoisotopic (exact) mass is 851 g/mol. The van der Waals surface area contributed by atoms with E-state index in [2.05, 4.69) is 5.32 Å². The van der Waals surface area contributed by atoms with Crippen molar-refractivity contribution in [1.82, 2.24) is 0 Å². The summed E-state index contributed by atoms with van der Waals surface area (Å²) in [5, 5.41) is 40.4. The number of ketones is 1. The lowest BCUT2D eigenvalue weighted by atomic mass is 9.78. The highest BCUT2D eigenvalue weighted by Crippen LogP contribution is 2.56. The van der Waals surface area contributed by atoms with Crippen LogP contribution in [0.2, 0.25) is 0 Å². The van der Waals surface area contributed by atoms with Gasteiger partial charge >= 0.3 is 11.9 Å². The number of fused-ring (bicyclic) bond motifs is 1. The molecule has 0 aliphatic heterocycles. The van der Waals surface area contributed by atoms with Gasteiger partial charge in [0.2, 0.25) is 0 Å². The topological polar surface area (TPSA) is 204 Å². The van der Waals surface area contributed by atoms with Crippen LogP contribution in [-0.2, 0) is 53.0 Å². The average molecular weight is 852 g/mol. The molecule has 0 spiro atoms. The van der Waals surface area contributed by atoms with E-state index in [1.807, 2.05) is 13.0 Å². The van der Waals surface area contributed by atoms with Gasteiger partial charge in [0.15, 0.2) is 22.4 Å². The van der Waals surface area contributed by atoms with Crippen molar-refractivity contribution in [2.75, 3.05) is 53.1 Å². The highest BCUT2D eigenvalue weighted by Gasteiger charge is 2.39. The Morgan fingerprint density at radius 1 is 0.726 bits per heavy atom. The maximum atomic E-state index is 14.9. The van der Waals surface area contributed by atoms with Crippen LogP contribution < -0.4 is 20.9 Å². The van der Waals surface area contributed by atoms with Gasteiger partial charge in [-0.2, -0.15) is 0 Å². The number of hydrogen-bond acceptors (Lipinski definition) is 14. The van der Waals surface area contributed by atoms with Gasteiger partial charge in [0.05, 0.1) is 67.8 Å². The van der Waals surface area contributed by atoms with Crippen LogP contribution >= 0.6 is 0 Å².